The van der Waals surface area contributed by atoms with Crippen LogP contribution in [0.5, 0.6) is 17.4 Å². The van der Waals surface area contributed by atoms with E-state index in [2.05, 4.69) is 10.3 Å². The third-order valence-electron chi connectivity index (χ3n) is 4.87. The van der Waals surface area contributed by atoms with E-state index in [9.17, 15) is 5.11 Å². The average molecular weight is 372 g/mol. The van der Waals surface area contributed by atoms with E-state index in [1.54, 1.807) is 20.4 Å². The largest absolute Gasteiger partial charge is 0.493 e. The first-order valence-corrected chi connectivity index (χ1v) is 9.45. The Kier molecular flexibility index (Phi) is 6.90. The number of ether oxygens (including phenoxy) is 3. The Bertz CT molecular complexity index is 732. The van der Waals surface area contributed by atoms with Gasteiger partial charge in [-0.15, -0.1) is 0 Å². The molecule has 0 aliphatic heterocycles. The maximum Gasteiger partial charge on any atom is 0.220 e. The van der Waals surface area contributed by atoms with Gasteiger partial charge in [-0.1, -0.05) is 6.07 Å². The molecule has 1 aromatic carbocycles. The molecule has 0 amide bonds. The van der Waals surface area contributed by atoms with Gasteiger partial charge in [0.2, 0.25) is 5.88 Å². The van der Waals surface area contributed by atoms with E-state index in [0.717, 1.165) is 24.8 Å². The Hall–Kier alpha value is -2.31. The molecule has 146 valence electrons. The molecule has 1 fully saturated rings. The number of aliphatic hydroxyl groups excluding tert-OH is 1. The van der Waals surface area contributed by atoms with Crippen LogP contribution >= 0.6 is 0 Å². The van der Waals surface area contributed by atoms with Gasteiger partial charge in [0, 0.05) is 12.7 Å². The minimum atomic E-state index is -0.824. The third-order valence-corrected chi connectivity index (χ3v) is 4.87. The van der Waals surface area contributed by atoms with Crippen molar-refractivity contribution in [2.75, 3.05) is 20.8 Å². The normalized spacial score (nSPS) is 15.5. The molecule has 2 N–H and O–H groups in total. The van der Waals surface area contributed by atoms with Crippen molar-refractivity contribution in [1.29, 1.82) is 0 Å². The molecule has 0 bridgehead atoms. The molecule has 6 nitrogen and oxygen atoms in total. The maximum atomic E-state index is 10.6. The van der Waals surface area contributed by atoms with Gasteiger partial charge in [0.25, 0.3) is 0 Å². The van der Waals surface area contributed by atoms with Crippen LogP contribution in [0.25, 0.3) is 0 Å². The predicted octanol–water partition coefficient (Wildman–Crippen LogP) is 3.24. The van der Waals surface area contributed by atoms with Crippen molar-refractivity contribution in [2.45, 2.75) is 44.4 Å². The first kappa shape index (κ1) is 19.5. The summed E-state index contributed by atoms with van der Waals surface area (Å²) in [4.78, 5) is 4.32. The summed E-state index contributed by atoms with van der Waals surface area (Å²) in [5, 5.41) is 13.7. The molecule has 1 aromatic heterocycles. The van der Waals surface area contributed by atoms with Crippen molar-refractivity contribution in [3.63, 3.8) is 0 Å². The summed E-state index contributed by atoms with van der Waals surface area (Å²) in [5.41, 5.74) is 1.78. The number of nitrogens with one attached hydrogen (secondary N) is 1. The van der Waals surface area contributed by atoms with Crippen LogP contribution < -0.4 is 19.5 Å². The van der Waals surface area contributed by atoms with Crippen molar-refractivity contribution >= 4 is 0 Å². The highest BCUT2D eigenvalue weighted by molar-refractivity contribution is 5.43. The molecule has 0 radical (unpaired) electrons. The molecular weight excluding hydrogens is 344 g/mol. The van der Waals surface area contributed by atoms with Gasteiger partial charge in [-0.25, -0.2) is 4.98 Å². The first-order chi connectivity index (χ1) is 13.2. The highest BCUT2D eigenvalue weighted by atomic mass is 16.5. The number of aliphatic hydroxyl groups is 1. The second-order valence-electron chi connectivity index (χ2n) is 6.72. The molecule has 1 aliphatic carbocycles. The van der Waals surface area contributed by atoms with Crippen LogP contribution in [0.3, 0.4) is 0 Å². The predicted molar refractivity (Wildman–Crippen MR) is 103 cm³/mol. The molecule has 1 aliphatic rings. The summed E-state index contributed by atoms with van der Waals surface area (Å²) in [6.07, 6.45) is 6.32. The topological polar surface area (TPSA) is 72.8 Å². The number of rotatable bonds is 9. The van der Waals surface area contributed by atoms with Crippen LogP contribution in [0.15, 0.2) is 36.5 Å². The van der Waals surface area contributed by atoms with Gasteiger partial charge in [0.1, 0.15) is 12.3 Å². The van der Waals surface area contributed by atoms with Gasteiger partial charge >= 0.3 is 0 Å². The fourth-order valence-electron chi connectivity index (χ4n) is 3.37. The lowest BCUT2D eigenvalue weighted by Crippen LogP contribution is -2.25. The monoisotopic (exact) mass is 372 g/mol. The molecule has 0 saturated heterocycles. The average Bonchev–Trinajstić information content (AvgIpc) is 3.21. The smallest absolute Gasteiger partial charge is 0.220 e. The zero-order chi connectivity index (χ0) is 19.1. The molecule has 27 heavy (non-hydrogen) atoms. The standard InChI is InChI=1S/C21H28N2O4/c1-25-18-10-9-15(14-19(18)26-2)11-13-22-20(24)17-8-5-12-23-21(17)27-16-6-3-4-7-16/h5,8-10,12,14,16,20,22,24H,3-4,6-7,11,13H2,1-2H3. The lowest BCUT2D eigenvalue weighted by molar-refractivity contribution is 0.127. The summed E-state index contributed by atoms with van der Waals surface area (Å²) >= 11 is 0. The van der Waals surface area contributed by atoms with Crippen LogP contribution in [0.1, 0.15) is 43.0 Å². The highest BCUT2D eigenvalue weighted by Crippen LogP contribution is 2.29. The van der Waals surface area contributed by atoms with Crippen LogP contribution in [-0.4, -0.2) is 37.0 Å². The number of benzene rings is 1. The number of methoxy groups -OCH3 is 2. The molecule has 1 heterocycles. The molecular formula is C21H28N2O4. The zero-order valence-corrected chi connectivity index (χ0v) is 16.0. The van der Waals surface area contributed by atoms with Crippen molar-refractivity contribution in [1.82, 2.24) is 10.3 Å². The van der Waals surface area contributed by atoms with E-state index in [0.29, 0.717) is 29.5 Å². The van der Waals surface area contributed by atoms with E-state index in [1.807, 2.05) is 30.3 Å². The number of aromatic nitrogens is 1. The summed E-state index contributed by atoms with van der Waals surface area (Å²) in [6, 6.07) is 9.50. The van der Waals surface area contributed by atoms with Crippen LogP contribution in [-0.2, 0) is 6.42 Å². The lowest BCUT2D eigenvalue weighted by Gasteiger charge is -2.19. The Morgan fingerprint density at radius 1 is 1.15 bits per heavy atom. The van der Waals surface area contributed by atoms with E-state index in [-0.39, 0.29) is 6.10 Å². The lowest BCUT2D eigenvalue weighted by atomic mass is 10.1. The van der Waals surface area contributed by atoms with Gasteiger partial charge in [-0.05, 0) is 61.9 Å². The quantitative estimate of drug-likeness (QED) is 0.659. The zero-order valence-electron chi connectivity index (χ0n) is 16.0. The van der Waals surface area contributed by atoms with Gasteiger partial charge in [0.15, 0.2) is 11.5 Å². The Morgan fingerprint density at radius 3 is 2.67 bits per heavy atom. The van der Waals surface area contributed by atoms with Gasteiger partial charge < -0.3 is 19.3 Å². The SMILES string of the molecule is COc1ccc(CCNC(O)c2cccnc2OC2CCCC2)cc1OC. The maximum absolute atomic E-state index is 10.6. The van der Waals surface area contributed by atoms with E-state index < -0.39 is 6.23 Å². The van der Waals surface area contributed by atoms with Crippen molar-refractivity contribution in [3.8, 4) is 17.4 Å². The first-order valence-electron chi connectivity index (χ1n) is 9.45. The Balaban J connectivity index is 1.57. The number of hydrogen-bond donors (Lipinski definition) is 2. The molecule has 1 atom stereocenters. The number of nitrogens with zero attached hydrogens (tertiary/aromatic N) is 1. The minimum Gasteiger partial charge on any atom is -0.493 e. The second kappa shape index (κ2) is 9.58. The molecule has 6 heteroatoms. The summed E-state index contributed by atoms with van der Waals surface area (Å²) < 4.78 is 16.6. The molecule has 0 spiro atoms. The number of pyridine rings is 1. The van der Waals surface area contributed by atoms with E-state index >= 15 is 0 Å². The Labute approximate surface area is 160 Å². The molecule has 3 rings (SSSR count). The van der Waals surface area contributed by atoms with Crippen molar-refractivity contribution < 1.29 is 19.3 Å². The van der Waals surface area contributed by atoms with Gasteiger partial charge in [0.05, 0.1) is 19.8 Å². The molecule has 2 aromatic rings. The second-order valence-corrected chi connectivity index (χ2v) is 6.72. The van der Waals surface area contributed by atoms with Gasteiger partial charge in [-0.2, -0.15) is 0 Å². The third kappa shape index (κ3) is 5.11. The Morgan fingerprint density at radius 2 is 1.93 bits per heavy atom. The van der Waals surface area contributed by atoms with Crippen LogP contribution in [0.2, 0.25) is 0 Å². The molecule has 1 unspecified atom stereocenters. The summed E-state index contributed by atoms with van der Waals surface area (Å²) in [6.45, 7) is 0.606. The molecule has 1 saturated carbocycles. The summed E-state index contributed by atoms with van der Waals surface area (Å²) in [5.74, 6) is 1.93. The fraction of sp³-hybridized carbons (Fsp3) is 0.476. The minimum absolute atomic E-state index is 0.206. The van der Waals surface area contributed by atoms with E-state index in [4.69, 9.17) is 14.2 Å². The van der Waals surface area contributed by atoms with E-state index in [1.165, 1.54) is 12.8 Å². The van der Waals surface area contributed by atoms with Crippen molar-refractivity contribution in [3.05, 3.63) is 47.7 Å². The van der Waals surface area contributed by atoms with Crippen LogP contribution in [0.4, 0.5) is 0 Å². The summed E-state index contributed by atoms with van der Waals surface area (Å²) in [7, 11) is 3.24. The van der Waals surface area contributed by atoms with Gasteiger partial charge in [-0.3, -0.25) is 5.32 Å². The van der Waals surface area contributed by atoms with Crippen LogP contribution in [0, 0.1) is 0 Å². The fourth-order valence-corrected chi connectivity index (χ4v) is 3.37. The van der Waals surface area contributed by atoms with Crippen molar-refractivity contribution in [2.24, 2.45) is 0 Å². The number of hydrogen-bond acceptors (Lipinski definition) is 6. The highest BCUT2D eigenvalue weighted by Gasteiger charge is 2.21.